The number of likely N-dealkylation sites (tertiary alicyclic amines) is 1. The van der Waals surface area contributed by atoms with E-state index in [-0.39, 0.29) is 35.7 Å². The zero-order valence-corrected chi connectivity index (χ0v) is 12.5. The summed E-state index contributed by atoms with van der Waals surface area (Å²) >= 11 is 0. The molecule has 0 aromatic carbocycles. The van der Waals surface area contributed by atoms with Gasteiger partial charge in [-0.1, -0.05) is 13.3 Å². The number of piperidine rings is 1. The van der Waals surface area contributed by atoms with Crippen LogP contribution in [-0.4, -0.2) is 35.3 Å². The van der Waals surface area contributed by atoms with Crippen LogP contribution in [0.25, 0.3) is 0 Å². The Kier molecular flexibility index (Phi) is 4.68. The highest BCUT2D eigenvalue weighted by molar-refractivity contribution is 5.82. The quantitative estimate of drug-likeness (QED) is 0.786. The molecule has 4 N–H and O–H groups in total. The molecule has 2 rings (SSSR count). The zero-order chi connectivity index (χ0) is 14.9. The minimum atomic E-state index is -0.296. The van der Waals surface area contributed by atoms with Crippen LogP contribution in [0, 0.1) is 17.8 Å². The average Bonchev–Trinajstić information content (AvgIpc) is 2.38. The van der Waals surface area contributed by atoms with Gasteiger partial charge in [0.05, 0.1) is 11.8 Å². The van der Waals surface area contributed by atoms with E-state index in [0.717, 1.165) is 32.1 Å². The summed E-state index contributed by atoms with van der Waals surface area (Å²) in [7, 11) is 0. The summed E-state index contributed by atoms with van der Waals surface area (Å²) in [5.41, 5.74) is 11.6. The second kappa shape index (κ2) is 6.12. The maximum Gasteiger partial charge on any atom is 0.227 e. The molecule has 2 amide bonds. The molecule has 5 unspecified atom stereocenters. The van der Waals surface area contributed by atoms with Gasteiger partial charge in [0.1, 0.15) is 0 Å². The predicted molar refractivity (Wildman–Crippen MR) is 77.6 cm³/mol. The highest BCUT2D eigenvalue weighted by atomic mass is 16.2. The molecule has 114 valence electrons. The Morgan fingerprint density at radius 2 is 1.80 bits per heavy atom. The lowest BCUT2D eigenvalue weighted by Gasteiger charge is -2.42. The smallest absolute Gasteiger partial charge is 0.227 e. The topological polar surface area (TPSA) is 89.4 Å². The lowest BCUT2D eigenvalue weighted by molar-refractivity contribution is -0.144. The molecule has 20 heavy (non-hydrogen) atoms. The highest BCUT2D eigenvalue weighted by Crippen LogP contribution is 2.33. The number of nitrogens with zero attached hydrogens (tertiary/aromatic N) is 1. The van der Waals surface area contributed by atoms with Gasteiger partial charge >= 0.3 is 0 Å². The molecule has 1 saturated carbocycles. The molecular formula is C15H27N3O2. The first-order valence-corrected chi connectivity index (χ1v) is 7.77. The van der Waals surface area contributed by atoms with Crippen LogP contribution in [0.3, 0.4) is 0 Å². The van der Waals surface area contributed by atoms with Crippen molar-refractivity contribution in [2.75, 3.05) is 6.54 Å². The fourth-order valence-electron chi connectivity index (χ4n) is 3.72. The van der Waals surface area contributed by atoms with Crippen molar-refractivity contribution in [3.63, 3.8) is 0 Å². The largest absolute Gasteiger partial charge is 0.369 e. The number of primary amides is 1. The average molecular weight is 281 g/mol. The molecule has 5 atom stereocenters. The third-order valence-electron chi connectivity index (χ3n) is 5.12. The highest BCUT2D eigenvalue weighted by Gasteiger charge is 2.40. The summed E-state index contributed by atoms with van der Waals surface area (Å²) in [6, 6.07) is 0.131. The van der Waals surface area contributed by atoms with E-state index in [1.807, 2.05) is 11.8 Å². The predicted octanol–water partition coefficient (Wildman–Crippen LogP) is 0.862. The van der Waals surface area contributed by atoms with Crippen LogP contribution in [0.1, 0.15) is 46.0 Å². The van der Waals surface area contributed by atoms with E-state index in [1.54, 1.807) is 0 Å². The molecule has 0 aromatic rings. The van der Waals surface area contributed by atoms with Crippen LogP contribution in [0.5, 0.6) is 0 Å². The summed E-state index contributed by atoms with van der Waals surface area (Å²) in [6.07, 6.45) is 4.71. The molecule has 0 bridgehead atoms. The second-order valence-corrected chi connectivity index (χ2v) is 6.61. The zero-order valence-electron chi connectivity index (χ0n) is 12.5. The van der Waals surface area contributed by atoms with Crippen molar-refractivity contribution in [2.45, 2.75) is 58.0 Å². The Balaban J connectivity index is 2.11. The summed E-state index contributed by atoms with van der Waals surface area (Å²) in [5, 5.41) is 0. The SMILES string of the molecule is CC1CCCC(N)C1C(=O)N1CC(C(N)=O)CCC1C. The van der Waals surface area contributed by atoms with Crippen molar-refractivity contribution in [3.05, 3.63) is 0 Å². The molecule has 1 saturated heterocycles. The third kappa shape index (κ3) is 2.97. The molecule has 0 radical (unpaired) electrons. The Hall–Kier alpha value is -1.10. The van der Waals surface area contributed by atoms with E-state index in [9.17, 15) is 9.59 Å². The van der Waals surface area contributed by atoms with Crippen molar-refractivity contribution in [1.82, 2.24) is 4.90 Å². The molecule has 1 aliphatic carbocycles. The molecular weight excluding hydrogens is 254 g/mol. The summed E-state index contributed by atoms with van der Waals surface area (Å²) in [4.78, 5) is 26.1. The minimum Gasteiger partial charge on any atom is -0.369 e. The maximum atomic E-state index is 12.8. The van der Waals surface area contributed by atoms with Crippen molar-refractivity contribution in [3.8, 4) is 0 Å². The van der Waals surface area contributed by atoms with E-state index in [4.69, 9.17) is 11.5 Å². The van der Waals surface area contributed by atoms with Crippen molar-refractivity contribution < 1.29 is 9.59 Å². The van der Waals surface area contributed by atoms with E-state index in [0.29, 0.717) is 12.5 Å². The summed E-state index contributed by atoms with van der Waals surface area (Å²) < 4.78 is 0. The minimum absolute atomic E-state index is 0.0487. The third-order valence-corrected chi connectivity index (χ3v) is 5.12. The van der Waals surface area contributed by atoms with Gasteiger partial charge in [0, 0.05) is 18.6 Å². The van der Waals surface area contributed by atoms with E-state index >= 15 is 0 Å². The number of carbonyl (C=O) groups excluding carboxylic acids is 2. The van der Waals surface area contributed by atoms with Gasteiger partial charge in [0.25, 0.3) is 0 Å². The lowest BCUT2D eigenvalue weighted by Crippen LogP contribution is -2.55. The number of nitrogens with two attached hydrogens (primary N) is 2. The fourth-order valence-corrected chi connectivity index (χ4v) is 3.72. The monoisotopic (exact) mass is 281 g/mol. The van der Waals surface area contributed by atoms with Gasteiger partial charge in [0.2, 0.25) is 11.8 Å². The Morgan fingerprint density at radius 3 is 2.40 bits per heavy atom. The Morgan fingerprint density at radius 1 is 1.10 bits per heavy atom. The number of amides is 2. The molecule has 2 aliphatic rings. The van der Waals surface area contributed by atoms with Crippen molar-refractivity contribution >= 4 is 11.8 Å². The van der Waals surface area contributed by atoms with Gasteiger partial charge in [0.15, 0.2) is 0 Å². The molecule has 0 aromatic heterocycles. The molecule has 5 heteroatoms. The molecule has 5 nitrogen and oxygen atoms in total. The number of hydrogen-bond donors (Lipinski definition) is 2. The van der Waals surface area contributed by atoms with Crippen LogP contribution in [0.4, 0.5) is 0 Å². The van der Waals surface area contributed by atoms with Gasteiger partial charge in [-0.2, -0.15) is 0 Å². The van der Waals surface area contributed by atoms with Crippen LogP contribution in [-0.2, 0) is 9.59 Å². The standard InChI is InChI=1S/C15H27N3O2/c1-9-4-3-5-12(16)13(9)15(20)18-8-11(14(17)19)7-6-10(18)2/h9-13H,3-8,16H2,1-2H3,(H2,17,19). The first kappa shape index (κ1) is 15.3. The van der Waals surface area contributed by atoms with E-state index in [1.165, 1.54) is 0 Å². The number of hydrogen-bond acceptors (Lipinski definition) is 3. The van der Waals surface area contributed by atoms with E-state index in [2.05, 4.69) is 6.92 Å². The van der Waals surface area contributed by atoms with Crippen LogP contribution < -0.4 is 11.5 Å². The molecule has 0 spiro atoms. The fraction of sp³-hybridized carbons (Fsp3) is 0.867. The number of carbonyl (C=O) groups is 2. The number of rotatable bonds is 2. The van der Waals surface area contributed by atoms with Gasteiger partial charge in [-0.25, -0.2) is 0 Å². The Bertz CT molecular complexity index is 375. The molecule has 1 heterocycles. The van der Waals surface area contributed by atoms with Gasteiger partial charge < -0.3 is 16.4 Å². The Labute approximate surface area is 121 Å². The first-order chi connectivity index (χ1) is 9.41. The molecule has 1 aliphatic heterocycles. The lowest BCUT2D eigenvalue weighted by atomic mass is 9.75. The maximum absolute atomic E-state index is 12.8. The van der Waals surface area contributed by atoms with Gasteiger partial charge in [-0.15, -0.1) is 0 Å². The van der Waals surface area contributed by atoms with Gasteiger partial charge in [-0.3, -0.25) is 9.59 Å². The van der Waals surface area contributed by atoms with E-state index < -0.39 is 0 Å². The van der Waals surface area contributed by atoms with Crippen molar-refractivity contribution in [2.24, 2.45) is 29.2 Å². The van der Waals surface area contributed by atoms with Crippen LogP contribution >= 0.6 is 0 Å². The summed E-state index contributed by atoms with van der Waals surface area (Å²) in [5.74, 6) is -0.144. The normalized spacial score (nSPS) is 38.5. The second-order valence-electron chi connectivity index (χ2n) is 6.61. The van der Waals surface area contributed by atoms with Crippen molar-refractivity contribution in [1.29, 1.82) is 0 Å². The van der Waals surface area contributed by atoms with Crippen LogP contribution in [0.2, 0.25) is 0 Å². The molecule has 2 fully saturated rings. The van der Waals surface area contributed by atoms with Crippen LogP contribution in [0.15, 0.2) is 0 Å². The first-order valence-electron chi connectivity index (χ1n) is 7.77. The van der Waals surface area contributed by atoms with Gasteiger partial charge in [-0.05, 0) is 38.5 Å². The summed E-state index contributed by atoms with van der Waals surface area (Å²) in [6.45, 7) is 4.63.